The Bertz CT molecular complexity index is 623. The maximum absolute atomic E-state index is 12.7. The van der Waals surface area contributed by atoms with Crippen LogP contribution in [0.3, 0.4) is 0 Å². The number of benzene rings is 2. The van der Waals surface area contributed by atoms with Gasteiger partial charge in [-0.1, -0.05) is 74.0 Å². The number of carbonyl (C=O) groups is 1. The molecule has 0 radical (unpaired) electrons. The fourth-order valence-corrected chi connectivity index (χ4v) is 3.30. The molecule has 0 unspecified atom stereocenters. The third kappa shape index (κ3) is 2.07. The lowest BCUT2D eigenvalue weighted by atomic mass is 10.0. The van der Waals surface area contributed by atoms with Gasteiger partial charge in [-0.2, -0.15) is 0 Å². The number of carbonyl (C=O) groups excluding carboxylic acids is 1. The maximum Gasteiger partial charge on any atom is 0.167 e. The third-order valence-electron chi connectivity index (χ3n) is 4.60. The van der Waals surface area contributed by atoms with Crippen molar-refractivity contribution in [2.24, 2.45) is 11.3 Å². The predicted octanol–water partition coefficient (Wildman–Crippen LogP) is 4.62. The van der Waals surface area contributed by atoms with E-state index in [4.69, 9.17) is 0 Å². The summed E-state index contributed by atoms with van der Waals surface area (Å²) in [6.45, 7) is 6.49. The largest absolute Gasteiger partial charge is 0.294 e. The van der Waals surface area contributed by atoms with E-state index in [1.54, 1.807) is 0 Å². The molecule has 0 aromatic heterocycles. The van der Waals surface area contributed by atoms with Crippen LogP contribution in [0.15, 0.2) is 54.6 Å². The average molecular weight is 264 g/mol. The van der Waals surface area contributed by atoms with Crippen molar-refractivity contribution in [2.75, 3.05) is 0 Å². The number of rotatable bonds is 3. The first-order chi connectivity index (χ1) is 9.51. The number of hydrogen-bond acceptors (Lipinski definition) is 1. The highest BCUT2D eigenvalue weighted by Gasteiger charge is 2.61. The molecule has 0 heterocycles. The Labute approximate surface area is 120 Å². The molecule has 0 N–H and O–H groups in total. The molecule has 1 aliphatic rings. The molecular formula is C19H20O. The van der Waals surface area contributed by atoms with Gasteiger partial charge in [0.15, 0.2) is 5.78 Å². The van der Waals surface area contributed by atoms with Crippen molar-refractivity contribution in [3.8, 4) is 0 Å². The average Bonchev–Trinajstić information content (AvgIpc) is 3.02. The summed E-state index contributed by atoms with van der Waals surface area (Å²) in [6.07, 6.45) is 0. The van der Waals surface area contributed by atoms with Crippen molar-refractivity contribution in [1.29, 1.82) is 0 Å². The van der Waals surface area contributed by atoms with Gasteiger partial charge in [-0.15, -0.1) is 0 Å². The van der Waals surface area contributed by atoms with Gasteiger partial charge in [0.2, 0.25) is 0 Å². The van der Waals surface area contributed by atoms with Gasteiger partial charge < -0.3 is 0 Å². The normalized spacial score (nSPS) is 23.4. The highest BCUT2D eigenvalue weighted by Crippen LogP contribution is 2.65. The molecule has 102 valence electrons. The molecule has 1 heteroatoms. The zero-order valence-electron chi connectivity index (χ0n) is 12.3. The van der Waals surface area contributed by atoms with Crippen LogP contribution in [0, 0.1) is 18.3 Å². The summed E-state index contributed by atoms with van der Waals surface area (Å²) in [6, 6.07) is 18.3. The van der Waals surface area contributed by atoms with Crippen molar-refractivity contribution in [3.63, 3.8) is 0 Å². The Kier molecular flexibility index (Phi) is 3.01. The Balaban J connectivity index is 1.88. The molecule has 1 saturated carbocycles. The molecule has 1 fully saturated rings. The highest BCUT2D eigenvalue weighted by atomic mass is 16.1. The summed E-state index contributed by atoms with van der Waals surface area (Å²) in [5.74, 6) is 0.726. The van der Waals surface area contributed by atoms with E-state index in [0.29, 0.717) is 5.92 Å². The van der Waals surface area contributed by atoms with E-state index >= 15 is 0 Å². The summed E-state index contributed by atoms with van der Waals surface area (Å²) in [5.41, 5.74) is 3.44. The minimum absolute atomic E-state index is 0.0577. The van der Waals surface area contributed by atoms with Crippen molar-refractivity contribution >= 4 is 5.78 Å². The highest BCUT2D eigenvalue weighted by molar-refractivity contribution is 6.01. The van der Waals surface area contributed by atoms with E-state index in [2.05, 4.69) is 45.0 Å². The summed E-state index contributed by atoms with van der Waals surface area (Å²) in [7, 11) is 0. The van der Waals surface area contributed by atoms with Crippen LogP contribution < -0.4 is 0 Å². The zero-order chi connectivity index (χ0) is 14.3. The molecule has 1 nitrogen and oxygen atoms in total. The zero-order valence-corrected chi connectivity index (χ0v) is 12.3. The molecule has 2 aromatic rings. The molecule has 1 aliphatic carbocycles. The lowest BCUT2D eigenvalue weighted by Gasteiger charge is -2.02. The van der Waals surface area contributed by atoms with Crippen molar-refractivity contribution in [1.82, 2.24) is 0 Å². The Morgan fingerprint density at radius 1 is 0.950 bits per heavy atom. The molecule has 0 amide bonds. The number of aryl methyl sites for hydroxylation is 1. The van der Waals surface area contributed by atoms with Gasteiger partial charge in [0, 0.05) is 17.4 Å². The van der Waals surface area contributed by atoms with Crippen LogP contribution in [0.4, 0.5) is 0 Å². The SMILES string of the molecule is Cc1ccc([C@H]2[C@H](C(=O)c3ccccc3)C2(C)C)cc1. The summed E-state index contributed by atoms with van der Waals surface area (Å²) in [5, 5.41) is 0. The minimum Gasteiger partial charge on any atom is -0.294 e. The molecule has 0 spiro atoms. The Morgan fingerprint density at radius 3 is 2.15 bits per heavy atom. The van der Waals surface area contributed by atoms with E-state index in [9.17, 15) is 4.79 Å². The second-order valence-corrected chi connectivity index (χ2v) is 6.42. The Hall–Kier alpha value is -1.89. The molecule has 2 aromatic carbocycles. The lowest BCUT2D eigenvalue weighted by molar-refractivity contribution is 0.0952. The molecule has 3 rings (SSSR count). The number of hydrogen-bond donors (Lipinski definition) is 0. The molecule has 0 saturated heterocycles. The lowest BCUT2D eigenvalue weighted by Crippen LogP contribution is -2.06. The van der Waals surface area contributed by atoms with Crippen LogP contribution in [-0.4, -0.2) is 5.78 Å². The van der Waals surface area contributed by atoms with Crippen molar-refractivity contribution in [2.45, 2.75) is 26.7 Å². The number of ketones is 1. The van der Waals surface area contributed by atoms with E-state index in [1.807, 2.05) is 30.3 Å². The van der Waals surface area contributed by atoms with E-state index < -0.39 is 0 Å². The second kappa shape index (κ2) is 4.59. The molecule has 0 bridgehead atoms. The monoisotopic (exact) mass is 264 g/mol. The molecule has 0 aliphatic heterocycles. The standard InChI is InChI=1S/C19H20O/c1-13-9-11-14(12-10-13)16-17(19(16,2)3)18(20)15-7-5-4-6-8-15/h4-12,16-17H,1-3H3/t16-,17+/m0/s1. The Morgan fingerprint density at radius 2 is 1.55 bits per heavy atom. The van der Waals surface area contributed by atoms with E-state index in [0.717, 1.165) is 5.56 Å². The van der Waals surface area contributed by atoms with Gasteiger partial charge in [-0.25, -0.2) is 0 Å². The van der Waals surface area contributed by atoms with Crippen LogP contribution in [0.1, 0.15) is 41.3 Å². The number of Topliss-reactive ketones (excluding diaryl/α,β-unsaturated/α-hetero) is 1. The van der Waals surface area contributed by atoms with Crippen LogP contribution >= 0.6 is 0 Å². The molecule has 20 heavy (non-hydrogen) atoms. The fraction of sp³-hybridized carbons (Fsp3) is 0.316. The first-order valence-electron chi connectivity index (χ1n) is 7.17. The topological polar surface area (TPSA) is 17.1 Å². The smallest absolute Gasteiger partial charge is 0.167 e. The molecular weight excluding hydrogens is 244 g/mol. The van der Waals surface area contributed by atoms with Gasteiger partial charge >= 0.3 is 0 Å². The summed E-state index contributed by atoms with van der Waals surface area (Å²) >= 11 is 0. The summed E-state index contributed by atoms with van der Waals surface area (Å²) < 4.78 is 0. The first-order valence-corrected chi connectivity index (χ1v) is 7.17. The third-order valence-corrected chi connectivity index (χ3v) is 4.60. The van der Waals surface area contributed by atoms with Gasteiger partial charge in [0.05, 0.1) is 0 Å². The van der Waals surface area contributed by atoms with Crippen LogP contribution in [0.2, 0.25) is 0 Å². The predicted molar refractivity (Wildman–Crippen MR) is 82.0 cm³/mol. The van der Waals surface area contributed by atoms with Crippen LogP contribution in [0.25, 0.3) is 0 Å². The first kappa shape index (κ1) is 13.1. The molecule has 2 atom stereocenters. The second-order valence-electron chi connectivity index (χ2n) is 6.42. The minimum atomic E-state index is 0.0577. The van der Waals surface area contributed by atoms with Gasteiger partial charge in [-0.3, -0.25) is 4.79 Å². The van der Waals surface area contributed by atoms with Crippen LogP contribution in [0.5, 0.6) is 0 Å². The maximum atomic E-state index is 12.7. The quantitative estimate of drug-likeness (QED) is 0.739. The van der Waals surface area contributed by atoms with Crippen LogP contribution in [-0.2, 0) is 0 Å². The van der Waals surface area contributed by atoms with E-state index in [1.165, 1.54) is 11.1 Å². The summed E-state index contributed by atoms with van der Waals surface area (Å²) in [4.78, 5) is 12.7. The van der Waals surface area contributed by atoms with Gasteiger partial charge in [0.25, 0.3) is 0 Å². The van der Waals surface area contributed by atoms with E-state index in [-0.39, 0.29) is 17.1 Å². The van der Waals surface area contributed by atoms with Crippen molar-refractivity contribution < 1.29 is 4.79 Å². The van der Waals surface area contributed by atoms with Crippen molar-refractivity contribution in [3.05, 3.63) is 71.3 Å². The fourth-order valence-electron chi connectivity index (χ4n) is 3.30. The van der Waals surface area contributed by atoms with Gasteiger partial charge in [-0.05, 0) is 17.9 Å². The van der Waals surface area contributed by atoms with Gasteiger partial charge in [0.1, 0.15) is 0 Å².